The van der Waals surface area contributed by atoms with E-state index in [-0.39, 0.29) is 31.1 Å². The molecule has 6 heteroatoms. The summed E-state index contributed by atoms with van der Waals surface area (Å²) in [5.41, 5.74) is 0. The summed E-state index contributed by atoms with van der Waals surface area (Å²) in [4.78, 5) is 38.4. The van der Waals surface area contributed by atoms with Crippen molar-refractivity contribution in [2.75, 3.05) is 13.2 Å². The Labute approximate surface area is 500 Å². The third-order valence-electron chi connectivity index (χ3n) is 16.7. The largest absolute Gasteiger partial charge is 0.462 e. The molecule has 0 amide bonds. The molecule has 472 valence electrons. The van der Waals surface area contributed by atoms with Gasteiger partial charge in [-0.3, -0.25) is 14.4 Å². The van der Waals surface area contributed by atoms with Crippen molar-refractivity contribution >= 4 is 17.9 Å². The van der Waals surface area contributed by atoms with E-state index in [1.54, 1.807) is 0 Å². The number of ether oxygens (including phenoxy) is 3. The predicted molar refractivity (Wildman–Crippen MR) is 349 cm³/mol. The first-order chi connectivity index (χ1) is 39.5. The summed E-state index contributed by atoms with van der Waals surface area (Å²) in [5.74, 6) is -0.844. The van der Waals surface area contributed by atoms with Crippen molar-refractivity contribution < 1.29 is 28.6 Å². The van der Waals surface area contributed by atoms with E-state index in [2.05, 4.69) is 45.1 Å². The van der Waals surface area contributed by atoms with Crippen molar-refractivity contribution in [2.45, 2.75) is 419 Å². The van der Waals surface area contributed by atoms with Crippen LogP contribution in [0.1, 0.15) is 412 Å². The van der Waals surface area contributed by atoms with Gasteiger partial charge in [0, 0.05) is 19.3 Å². The zero-order chi connectivity index (χ0) is 57.8. The van der Waals surface area contributed by atoms with Crippen LogP contribution in [0.3, 0.4) is 0 Å². The fourth-order valence-corrected chi connectivity index (χ4v) is 11.2. The molecule has 0 bridgehead atoms. The molecule has 0 heterocycles. The molecule has 0 spiro atoms. The number of carbonyl (C=O) groups is 3. The molecule has 80 heavy (non-hydrogen) atoms. The first-order valence-electron chi connectivity index (χ1n) is 36.3. The van der Waals surface area contributed by atoms with Gasteiger partial charge in [-0.05, 0) is 51.4 Å². The lowest BCUT2D eigenvalue weighted by molar-refractivity contribution is -0.167. The molecule has 0 rings (SSSR count). The second-order valence-corrected chi connectivity index (χ2v) is 24.9. The molecule has 1 unspecified atom stereocenters. The van der Waals surface area contributed by atoms with Crippen LogP contribution in [0.15, 0.2) is 24.3 Å². The number of hydrogen-bond donors (Lipinski definition) is 0. The maximum absolute atomic E-state index is 12.9. The highest BCUT2D eigenvalue weighted by Gasteiger charge is 2.19. The summed E-state index contributed by atoms with van der Waals surface area (Å²) in [6, 6.07) is 0. The minimum atomic E-state index is -0.772. The molecule has 0 saturated heterocycles. The predicted octanol–water partition coefficient (Wildman–Crippen LogP) is 25.0. The summed E-state index contributed by atoms with van der Waals surface area (Å²) in [6.07, 6.45) is 85.1. The molecule has 1 atom stereocenters. The molecule has 0 fully saturated rings. The average Bonchev–Trinajstić information content (AvgIpc) is 3.46. The number of hydrogen-bond acceptors (Lipinski definition) is 6. The highest BCUT2D eigenvalue weighted by Crippen LogP contribution is 2.19. The number of allylic oxidation sites excluding steroid dienone is 4. The van der Waals surface area contributed by atoms with E-state index in [4.69, 9.17) is 14.2 Å². The van der Waals surface area contributed by atoms with E-state index in [9.17, 15) is 14.4 Å². The van der Waals surface area contributed by atoms with Crippen LogP contribution in [0.5, 0.6) is 0 Å². The van der Waals surface area contributed by atoms with Gasteiger partial charge < -0.3 is 14.2 Å². The molecule has 6 nitrogen and oxygen atoms in total. The molecule has 0 aromatic carbocycles. The zero-order valence-electron chi connectivity index (χ0n) is 54.4. The lowest BCUT2D eigenvalue weighted by Crippen LogP contribution is -2.30. The molecule has 0 aromatic rings. The highest BCUT2D eigenvalue weighted by molar-refractivity contribution is 5.71. The standard InChI is InChI=1S/C74H140O6/c1-4-7-10-13-16-19-22-25-28-30-31-32-33-34-35-36-37-38-39-40-41-42-43-45-46-49-52-55-58-61-64-67-73(76)79-70-71(69-78-72(75)66-63-60-57-54-51-48-27-24-21-18-15-12-9-6-3)80-74(77)68-65-62-59-56-53-50-47-44-29-26-23-20-17-14-11-8-5-2/h17,20,26,29,71H,4-16,18-19,21-25,27-28,30-70H2,1-3H3/b20-17-,29-26-. The maximum atomic E-state index is 12.9. The fraction of sp³-hybridized carbons (Fsp3) is 0.905. The second-order valence-electron chi connectivity index (χ2n) is 24.9. The van der Waals surface area contributed by atoms with Crippen molar-refractivity contribution in [3.63, 3.8) is 0 Å². The van der Waals surface area contributed by atoms with E-state index in [0.717, 1.165) is 70.6 Å². The number of esters is 3. The molecule has 0 N–H and O–H groups in total. The SMILES string of the molecule is CCCCC/C=C\C/C=C\CCCCCCCCCC(=O)OC(COC(=O)CCCCCCCCCCCCCCCC)COC(=O)CCCCCCCCCCCCCCCCCCCCCCCCCCCCCCCCC. The van der Waals surface area contributed by atoms with Crippen LogP contribution >= 0.6 is 0 Å². The van der Waals surface area contributed by atoms with Gasteiger partial charge in [-0.15, -0.1) is 0 Å². The molecular weight excluding hydrogens is 985 g/mol. The molecule has 0 aliphatic heterocycles. The molecule has 0 radical (unpaired) electrons. The Morgan fingerprint density at radius 1 is 0.250 bits per heavy atom. The van der Waals surface area contributed by atoms with Gasteiger partial charge in [-0.25, -0.2) is 0 Å². The Hall–Kier alpha value is -2.11. The van der Waals surface area contributed by atoms with E-state index >= 15 is 0 Å². The molecule has 0 aliphatic carbocycles. The number of unbranched alkanes of at least 4 members (excludes halogenated alkanes) is 53. The fourth-order valence-electron chi connectivity index (χ4n) is 11.2. The topological polar surface area (TPSA) is 78.9 Å². The number of carbonyl (C=O) groups excluding carboxylic acids is 3. The third kappa shape index (κ3) is 66.7. The van der Waals surface area contributed by atoms with Gasteiger partial charge in [0.05, 0.1) is 0 Å². The van der Waals surface area contributed by atoms with Gasteiger partial charge in [0.25, 0.3) is 0 Å². The van der Waals surface area contributed by atoms with Crippen LogP contribution in [0.25, 0.3) is 0 Å². The van der Waals surface area contributed by atoms with Gasteiger partial charge in [0.15, 0.2) is 6.10 Å². The minimum absolute atomic E-state index is 0.0682. The van der Waals surface area contributed by atoms with E-state index < -0.39 is 6.10 Å². The quantitative estimate of drug-likeness (QED) is 0.0261. The summed E-state index contributed by atoms with van der Waals surface area (Å²) < 4.78 is 17.0. The molecule has 0 saturated carbocycles. The van der Waals surface area contributed by atoms with Crippen LogP contribution in [0.4, 0.5) is 0 Å². The lowest BCUT2D eigenvalue weighted by Gasteiger charge is -2.18. The van der Waals surface area contributed by atoms with Gasteiger partial charge in [-0.1, -0.05) is 366 Å². The van der Waals surface area contributed by atoms with Crippen molar-refractivity contribution in [3.8, 4) is 0 Å². The number of rotatable bonds is 68. The van der Waals surface area contributed by atoms with Crippen molar-refractivity contribution in [1.29, 1.82) is 0 Å². The Balaban J connectivity index is 4.13. The van der Waals surface area contributed by atoms with E-state index in [1.165, 1.54) is 302 Å². The molecular formula is C74H140O6. The Kier molecular flexibility index (Phi) is 67.6. The molecule has 0 aromatic heterocycles. The normalized spacial score (nSPS) is 12.1. The van der Waals surface area contributed by atoms with Crippen LogP contribution in [-0.2, 0) is 28.6 Å². The second kappa shape index (κ2) is 69.4. The van der Waals surface area contributed by atoms with Gasteiger partial charge in [0.1, 0.15) is 13.2 Å². The van der Waals surface area contributed by atoms with Crippen molar-refractivity contribution in [2.24, 2.45) is 0 Å². The Morgan fingerprint density at radius 2 is 0.450 bits per heavy atom. The van der Waals surface area contributed by atoms with Crippen molar-refractivity contribution in [3.05, 3.63) is 24.3 Å². The van der Waals surface area contributed by atoms with Crippen LogP contribution < -0.4 is 0 Å². The average molecular weight is 1130 g/mol. The summed E-state index contributed by atoms with van der Waals surface area (Å²) in [6.45, 7) is 6.69. The Bertz CT molecular complexity index is 1290. The monoisotopic (exact) mass is 1130 g/mol. The minimum Gasteiger partial charge on any atom is -0.462 e. The van der Waals surface area contributed by atoms with Gasteiger partial charge in [0.2, 0.25) is 0 Å². The highest BCUT2D eigenvalue weighted by atomic mass is 16.6. The van der Waals surface area contributed by atoms with Crippen LogP contribution in [0, 0.1) is 0 Å². The van der Waals surface area contributed by atoms with E-state index in [0.29, 0.717) is 19.3 Å². The first kappa shape index (κ1) is 77.9. The maximum Gasteiger partial charge on any atom is 0.306 e. The smallest absolute Gasteiger partial charge is 0.306 e. The molecule has 0 aliphatic rings. The lowest BCUT2D eigenvalue weighted by atomic mass is 10.0. The zero-order valence-corrected chi connectivity index (χ0v) is 54.4. The van der Waals surface area contributed by atoms with Gasteiger partial charge in [-0.2, -0.15) is 0 Å². The Morgan fingerprint density at radius 3 is 0.713 bits per heavy atom. The van der Waals surface area contributed by atoms with E-state index in [1.807, 2.05) is 0 Å². The van der Waals surface area contributed by atoms with Crippen LogP contribution in [-0.4, -0.2) is 37.2 Å². The third-order valence-corrected chi connectivity index (χ3v) is 16.7. The first-order valence-corrected chi connectivity index (χ1v) is 36.3. The summed E-state index contributed by atoms with van der Waals surface area (Å²) >= 11 is 0. The van der Waals surface area contributed by atoms with Crippen LogP contribution in [0.2, 0.25) is 0 Å². The summed E-state index contributed by atoms with van der Waals surface area (Å²) in [7, 11) is 0. The summed E-state index contributed by atoms with van der Waals surface area (Å²) in [5, 5.41) is 0. The van der Waals surface area contributed by atoms with Crippen molar-refractivity contribution in [1.82, 2.24) is 0 Å². The van der Waals surface area contributed by atoms with Gasteiger partial charge >= 0.3 is 17.9 Å².